The van der Waals surface area contributed by atoms with Crippen LogP contribution in [0, 0.1) is 0 Å². The van der Waals surface area contributed by atoms with E-state index in [-0.39, 0.29) is 90.9 Å². The van der Waals surface area contributed by atoms with Gasteiger partial charge < -0.3 is 2.85 Å². The van der Waals surface area contributed by atoms with E-state index in [0.29, 0.717) is 0 Å². The average Bonchev–Trinajstić information content (AvgIpc) is 0. The third-order valence-electron chi connectivity index (χ3n) is 0. The third kappa shape index (κ3) is 8.84. The quantitative estimate of drug-likeness (QED) is 0.501. The van der Waals surface area contributed by atoms with Crippen molar-refractivity contribution in [1.82, 2.24) is 0 Å². The molecule has 34 valence electrons. The van der Waals surface area contributed by atoms with E-state index in [0.717, 1.165) is 0 Å². The van der Waals surface area contributed by atoms with Crippen LogP contribution in [0.15, 0.2) is 0 Å². The van der Waals surface area contributed by atoms with Crippen LogP contribution in [0.3, 0.4) is 0 Å². The van der Waals surface area contributed by atoms with Crippen LogP contribution in [0.25, 0.3) is 0 Å². The van der Waals surface area contributed by atoms with Crippen LogP contribution in [0.1, 0.15) is 2.85 Å². The van der Waals surface area contributed by atoms with Crippen LogP contribution in [0.2, 0.25) is 0 Å². The molecule has 0 N–H and O–H groups in total. The molecule has 0 aliphatic carbocycles. The van der Waals surface area contributed by atoms with Gasteiger partial charge in [-0.1, -0.05) is 0 Å². The molecule has 0 amide bonds. The Balaban J connectivity index is 0. The summed E-state index contributed by atoms with van der Waals surface area (Å²) < 4.78 is 0. The monoisotopic (exact) mass is 222 g/mol. The Hall–Kier alpha value is 2.78. The molecule has 0 nitrogen and oxygen atoms in total. The van der Waals surface area contributed by atoms with Gasteiger partial charge in [-0.15, -0.1) is 0 Å². The van der Waals surface area contributed by atoms with Crippen molar-refractivity contribution < 1.29 is 53.2 Å². The summed E-state index contributed by atoms with van der Waals surface area (Å²) in [6.07, 6.45) is 0. The molecule has 2 radical (unpaired) electrons. The summed E-state index contributed by atoms with van der Waals surface area (Å²) in [5.74, 6) is 0. The first kappa shape index (κ1) is 29.3. The van der Waals surface area contributed by atoms with E-state index in [9.17, 15) is 0 Å². The molecule has 0 aromatic carbocycles. The second-order valence-corrected chi connectivity index (χ2v) is 0. The Morgan fingerprint density at radius 2 is 1.25 bits per heavy atom. The average molecular weight is 223 g/mol. The van der Waals surface area contributed by atoms with Crippen LogP contribution in [-0.2, 0) is 50.3 Å². The fraction of sp³-hybridized carbons (Fsp3) is 0. The van der Waals surface area contributed by atoms with Crippen molar-refractivity contribution in [3.05, 3.63) is 0 Å². The molecule has 0 atom stereocenters. The molecular weight excluding hydrogens is 221 g/mol. The fourth-order valence-corrected chi connectivity index (χ4v) is 0. The minimum absolute atomic E-state index is 0. The molecule has 0 saturated carbocycles. The van der Waals surface area contributed by atoms with Crippen molar-refractivity contribution in [3.8, 4) is 0 Å². The molecule has 0 heterocycles. The molecule has 0 aliphatic rings. The van der Waals surface area contributed by atoms with E-state index in [1.807, 2.05) is 0 Å². The van der Waals surface area contributed by atoms with Gasteiger partial charge in [-0.3, -0.25) is 0 Å². The van der Waals surface area contributed by atoms with E-state index >= 15 is 0 Å². The van der Waals surface area contributed by atoms with Gasteiger partial charge >= 0.3 is 37.7 Å². The molecular formula is H2CaCoCuNi. The van der Waals surface area contributed by atoms with Gasteiger partial charge in [0.15, 0.2) is 0 Å². The molecule has 0 bridgehead atoms. The summed E-state index contributed by atoms with van der Waals surface area (Å²) in [6, 6.07) is 0. The molecule has 0 unspecified atom stereocenters. The number of hydrogen-bond donors (Lipinski definition) is 0. The minimum atomic E-state index is 0. The first-order valence-electron chi connectivity index (χ1n) is 0. The van der Waals surface area contributed by atoms with Gasteiger partial charge in [-0.05, 0) is 0 Å². The summed E-state index contributed by atoms with van der Waals surface area (Å²) >= 11 is 0. The summed E-state index contributed by atoms with van der Waals surface area (Å²) in [5.41, 5.74) is 0. The third-order valence-corrected chi connectivity index (χ3v) is 0. The summed E-state index contributed by atoms with van der Waals surface area (Å²) in [5, 5.41) is 0. The van der Waals surface area contributed by atoms with Crippen LogP contribution in [0.4, 0.5) is 0 Å². The Morgan fingerprint density at radius 1 is 1.25 bits per heavy atom. The zero-order valence-electron chi connectivity index (χ0n) is 3.66. The van der Waals surface area contributed by atoms with Crippen LogP contribution in [-0.4, -0.2) is 37.7 Å². The maximum Gasteiger partial charge on any atom is 2.00 e. The van der Waals surface area contributed by atoms with Crippen molar-refractivity contribution >= 4 is 37.7 Å². The van der Waals surface area contributed by atoms with E-state index in [4.69, 9.17) is 0 Å². The zero-order chi connectivity index (χ0) is 0. The second-order valence-electron chi connectivity index (χ2n) is 0. The maximum absolute atomic E-state index is 0. The molecule has 0 aliphatic heterocycles. The van der Waals surface area contributed by atoms with Gasteiger partial charge in [0.25, 0.3) is 0 Å². The van der Waals surface area contributed by atoms with Crippen LogP contribution < -0.4 is 0 Å². The summed E-state index contributed by atoms with van der Waals surface area (Å²) in [4.78, 5) is 0. The topological polar surface area (TPSA) is 0 Å². The van der Waals surface area contributed by atoms with E-state index in [2.05, 4.69) is 0 Å². The molecule has 0 saturated heterocycles. The number of hydrogen-bond acceptors (Lipinski definition) is 0. The molecule has 0 spiro atoms. The van der Waals surface area contributed by atoms with Gasteiger partial charge in [-0.25, -0.2) is 0 Å². The van der Waals surface area contributed by atoms with E-state index < -0.39 is 0 Å². The van der Waals surface area contributed by atoms with E-state index in [1.54, 1.807) is 0 Å². The maximum atomic E-state index is 0. The summed E-state index contributed by atoms with van der Waals surface area (Å²) in [7, 11) is 0. The van der Waals surface area contributed by atoms with Crippen molar-refractivity contribution in [2.75, 3.05) is 0 Å². The molecule has 0 aromatic rings. The molecule has 4 heavy (non-hydrogen) atoms. The Bertz CT molecular complexity index is 13.5. The van der Waals surface area contributed by atoms with Crippen molar-refractivity contribution in [1.29, 1.82) is 0 Å². The van der Waals surface area contributed by atoms with Gasteiger partial charge in [-0.2, -0.15) is 0 Å². The smallest absolute Gasteiger partial charge is 1.00 e. The van der Waals surface area contributed by atoms with Crippen LogP contribution >= 0.6 is 0 Å². The standard InChI is InChI=1S/Ca.Co.Cu.Ni.2H/q+2;;;;2*-1. The van der Waals surface area contributed by atoms with Gasteiger partial charge in [0.05, 0.1) is 0 Å². The van der Waals surface area contributed by atoms with Crippen molar-refractivity contribution in [2.24, 2.45) is 0 Å². The zero-order valence-corrected chi connectivity index (χ0v) is 6.84. The van der Waals surface area contributed by atoms with E-state index in [1.165, 1.54) is 0 Å². The summed E-state index contributed by atoms with van der Waals surface area (Å²) in [6.45, 7) is 0. The minimum Gasteiger partial charge on any atom is -1.00 e. The second kappa shape index (κ2) is 17.1. The largest absolute Gasteiger partial charge is 2.00 e. The fourth-order valence-electron chi connectivity index (χ4n) is 0. The molecule has 0 aromatic heterocycles. The number of rotatable bonds is 0. The Kier molecular flexibility index (Phi) is 125. The van der Waals surface area contributed by atoms with Gasteiger partial charge in [0.2, 0.25) is 0 Å². The normalized spacial score (nSPS) is 0. The Morgan fingerprint density at radius 3 is 1.25 bits per heavy atom. The van der Waals surface area contributed by atoms with Gasteiger partial charge in [0.1, 0.15) is 0 Å². The predicted molar refractivity (Wildman–Crippen MR) is 7.98 cm³/mol. The molecule has 0 rings (SSSR count). The predicted octanol–water partition coefficient (Wildman–Crippen LogP) is -0.163. The molecule has 0 fully saturated rings. The van der Waals surface area contributed by atoms with Crippen LogP contribution in [0.5, 0.6) is 0 Å². The first-order chi connectivity index (χ1) is 0. The van der Waals surface area contributed by atoms with Gasteiger partial charge in [0, 0.05) is 50.3 Å². The molecule has 4 heteroatoms. The Labute approximate surface area is 89.4 Å². The van der Waals surface area contributed by atoms with Crippen molar-refractivity contribution in [3.63, 3.8) is 0 Å². The van der Waals surface area contributed by atoms with Crippen molar-refractivity contribution in [2.45, 2.75) is 0 Å². The first-order valence-corrected chi connectivity index (χ1v) is 0. The SMILES string of the molecule is [Ca+2].[Co].[Cu].[H-].[H-].[Ni].